The molecule has 0 amide bonds. The van der Waals surface area contributed by atoms with E-state index in [-0.39, 0.29) is 17.0 Å². The van der Waals surface area contributed by atoms with Gasteiger partial charge in [0.2, 0.25) is 0 Å². The van der Waals surface area contributed by atoms with Crippen molar-refractivity contribution < 1.29 is 0 Å². The minimum Gasteiger partial charge on any atom is -0.307 e. The summed E-state index contributed by atoms with van der Waals surface area (Å²) in [6.07, 6.45) is 9.04. The number of nitrogens with one attached hydrogen (secondary N) is 2. The van der Waals surface area contributed by atoms with Crippen molar-refractivity contribution in [3.05, 3.63) is 113 Å². The lowest BCUT2D eigenvalue weighted by Gasteiger charge is -2.35. The Labute approximate surface area is 211 Å². The van der Waals surface area contributed by atoms with Crippen molar-refractivity contribution in [3.63, 3.8) is 0 Å². The molecule has 3 aromatic heterocycles. The van der Waals surface area contributed by atoms with Crippen molar-refractivity contribution in [1.82, 2.24) is 30.4 Å². The molecule has 1 atom stereocenters. The van der Waals surface area contributed by atoms with Crippen LogP contribution in [-0.2, 0) is 32.6 Å². The monoisotopic (exact) mass is 518 g/mol. The van der Waals surface area contributed by atoms with Crippen LogP contribution in [0.3, 0.4) is 0 Å². The van der Waals surface area contributed by atoms with Crippen molar-refractivity contribution in [2.75, 3.05) is 0 Å². The lowest BCUT2D eigenvalue weighted by atomic mass is 9.90. The number of hydrogen-bond donors (Lipinski definition) is 2. The first-order valence-corrected chi connectivity index (χ1v) is 11.7. The van der Waals surface area contributed by atoms with E-state index in [4.69, 9.17) is 4.98 Å². The third kappa shape index (κ3) is 6.17. The summed E-state index contributed by atoms with van der Waals surface area (Å²) < 4.78 is 0. The second-order valence-corrected chi connectivity index (χ2v) is 8.68. The van der Waals surface area contributed by atoms with Crippen LogP contribution in [0.5, 0.6) is 0 Å². The highest BCUT2D eigenvalue weighted by molar-refractivity contribution is 8.93. The third-order valence-electron chi connectivity index (χ3n) is 6.31. The Morgan fingerprint density at radius 3 is 2.50 bits per heavy atom. The van der Waals surface area contributed by atoms with Gasteiger partial charge in [0.15, 0.2) is 0 Å². The zero-order valence-electron chi connectivity index (χ0n) is 19.2. The first kappa shape index (κ1) is 24.3. The Morgan fingerprint density at radius 1 is 0.853 bits per heavy atom. The van der Waals surface area contributed by atoms with Crippen molar-refractivity contribution in [1.29, 1.82) is 0 Å². The fourth-order valence-electron chi connectivity index (χ4n) is 4.64. The number of H-pyrrole nitrogens is 1. The Balaban J connectivity index is 0.00000274. The van der Waals surface area contributed by atoms with E-state index in [0.717, 1.165) is 50.4 Å². The van der Waals surface area contributed by atoms with Gasteiger partial charge in [0.1, 0.15) is 0 Å². The summed E-state index contributed by atoms with van der Waals surface area (Å²) in [5.74, 6) is 0. The fraction of sp³-hybridized carbons (Fsp3) is 0.296. The molecule has 6 nitrogen and oxygen atoms in total. The number of aryl methyl sites for hydroxylation is 1. The number of fused-ring (bicyclic) bond motifs is 1. The summed E-state index contributed by atoms with van der Waals surface area (Å²) in [5.41, 5.74) is 7.40. The van der Waals surface area contributed by atoms with Gasteiger partial charge in [-0.05, 0) is 60.2 Å². The summed E-state index contributed by atoms with van der Waals surface area (Å²) in [6.45, 7) is 3.30. The lowest BCUT2D eigenvalue weighted by Crippen LogP contribution is -2.31. The van der Waals surface area contributed by atoms with Crippen molar-refractivity contribution in [2.24, 2.45) is 0 Å². The van der Waals surface area contributed by atoms with E-state index >= 15 is 0 Å². The summed E-state index contributed by atoms with van der Waals surface area (Å²) >= 11 is 0. The van der Waals surface area contributed by atoms with Gasteiger partial charge in [0.05, 0.1) is 17.4 Å². The van der Waals surface area contributed by atoms with Crippen LogP contribution in [0.15, 0.2) is 79.3 Å². The molecular weight excluding hydrogens is 488 g/mol. The number of benzene rings is 1. The van der Waals surface area contributed by atoms with Crippen LogP contribution < -0.4 is 5.32 Å². The van der Waals surface area contributed by atoms with Gasteiger partial charge in [-0.15, -0.1) is 17.0 Å². The summed E-state index contributed by atoms with van der Waals surface area (Å²) in [5, 5.41) is 10.8. The number of pyridine rings is 2. The van der Waals surface area contributed by atoms with Crippen LogP contribution in [0.4, 0.5) is 0 Å². The maximum absolute atomic E-state index is 4.78. The van der Waals surface area contributed by atoms with Gasteiger partial charge in [-0.1, -0.05) is 36.4 Å². The van der Waals surface area contributed by atoms with E-state index in [1.54, 1.807) is 0 Å². The van der Waals surface area contributed by atoms with Crippen LogP contribution in [0.1, 0.15) is 52.7 Å². The van der Waals surface area contributed by atoms with Crippen LogP contribution >= 0.6 is 17.0 Å². The Morgan fingerprint density at radius 2 is 1.71 bits per heavy atom. The second-order valence-electron chi connectivity index (χ2n) is 8.68. The zero-order chi connectivity index (χ0) is 22.3. The summed E-state index contributed by atoms with van der Waals surface area (Å²) in [7, 11) is 0. The smallest absolute Gasteiger partial charge is 0.0607 e. The number of hydrogen-bond acceptors (Lipinski definition) is 5. The van der Waals surface area contributed by atoms with E-state index in [9.17, 15) is 0 Å². The highest BCUT2D eigenvalue weighted by atomic mass is 79.9. The molecule has 0 saturated carbocycles. The number of rotatable bonds is 9. The highest BCUT2D eigenvalue weighted by Gasteiger charge is 2.27. The predicted octanol–water partition coefficient (Wildman–Crippen LogP) is 5.15. The van der Waals surface area contributed by atoms with Crippen molar-refractivity contribution in [2.45, 2.75) is 51.5 Å². The van der Waals surface area contributed by atoms with E-state index in [0.29, 0.717) is 6.04 Å². The molecule has 4 aromatic rings. The van der Waals surface area contributed by atoms with Gasteiger partial charge in [-0.3, -0.25) is 20.0 Å². The minimum absolute atomic E-state index is 0. The molecule has 1 aromatic carbocycles. The quantitative estimate of drug-likeness (QED) is 0.320. The molecule has 0 spiro atoms. The fourth-order valence-corrected chi connectivity index (χ4v) is 4.64. The first-order valence-electron chi connectivity index (χ1n) is 11.7. The third-order valence-corrected chi connectivity index (χ3v) is 6.31. The Kier molecular flexibility index (Phi) is 8.57. The number of aromatic amines is 1. The normalized spacial score (nSPS) is 15.0. The van der Waals surface area contributed by atoms with Gasteiger partial charge in [0, 0.05) is 50.5 Å². The number of halogens is 1. The molecule has 0 radical (unpaired) electrons. The molecule has 2 N–H and O–H groups in total. The largest absolute Gasteiger partial charge is 0.307 e. The van der Waals surface area contributed by atoms with Crippen LogP contribution in [0.25, 0.3) is 0 Å². The Hall–Kier alpha value is -2.87. The topological polar surface area (TPSA) is 69.7 Å². The molecule has 0 saturated heterocycles. The molecule has 1 unspecified atom stereocenters. The first-order chi connectivity index (χ1) is 16.3. The second kappa shape index (κ2) is 12.0. The van der Waals surface area contributed by atoms with E-state index < -0.39 is 0 Å². The maximum atomic E-state index is 4.78. The average Bonchev–Trinajstić information content (AvgIpc) is 3.38. The number of aromatic nitrogens is 4. The van der Waals surface area contributed by atoms with Gasteiger partial charge in [-0.2, -0.15) is 5.10 Å². The molecule has 3 heterocycles. The van der Waals surface area contributed by atoms with Crippen LogP contribution in [0.2, 0.25) is 0 Å². The Bertz CT molecular complexity index is 1130. The van der Waals surface area contributed by atoms with Gasteiger partial charge in [0.25, 0.3) is 0 Å². The molecule has 0 fully saturated rings. The lowest BCUT2D eigenvalue weighted by molar-refractivity contribution is 0.155. The van der Waals surface area contributed by atoms with Crippen molar-refractivity contribution in [3.8, 4) is 0 Å². The minimum atomic E-state index is 0. The molecule has 1 aliphatic carbocycles. The molecule has 5 rings (SSSR count). The molecule has 7 heteroatoms. The molecular formula is C27H31BrN6. The van der Waals surface area contributed by atoms with E-state index in [1.165, 1.54) is 28.8 Å². The van der Waals surface area contributed by atoms with Gasteiger partial charge < -0.3 is 5.32 Å². The van der Waals surface area contributed by atoms with Crippen LogP contribution in [-0.4, -0.2) is 25.1 Å². The summed E-state index contributed by atoms with van der Waals surface area (Å²) in [6, 6.07) is 21.6. The highest BCUT2D eigenvalue weighted by Crippen LogP contribution is 2.34. The van der Waals surface area contributed by atoms with E-state index in [2.05, 4.69) is 67.9 Å². The molecule has 1 aliphatic rings. The SMILES string of the molecule is Br.c1ccc(CNCc2ccc(CN(Cc3ccn[nH]3)C3CCCc4cccnc43)cc2)nc1. The van der Waals surface area contributed by atoms with Gasteiger partial charge in [-0.25, -0.2) is 0 Å². The predicted molar refractivity (Wildman–Crippen MR) is 139 cm³/mol. The zero-order valence-corrected chi connectivity index (χ0v) is 20.9. The maximum Gasteiger partial charge on any atom is 0.0607 e. The summed E-state index contributed by atoms with van der Waals surface area (Å²) in [4.78, 5) is 11.7. The van der Waals surface area contributed by atoms with Gasteiger partial charge >= 0.3 is 0 Å². The van der Waals surface area contributed by atoms with E-state index in [1.807, 2.05) is 36.8 Å². The number of nitrogens with zero attached hydrogens (tertiary/aromatic N) is 4. The standard InChI is InChI=1S/C27H30N6.BrH/c1-2-14-29-24(7-1)18-28-17-21-9-11-22(12-10-21)19-33(20-25-13-16-31-32-25)26-8-3-5-23-6-4-15-30-27(23)26;/h1-2,4,6-7,9-16,26,28H,3,5,8,17-20H2,(H,31,32);1H. The molecule has 0 aliphatic heterocycles. The average molecular weight is 519 g/mol. The molecule has 34 heavy (non-hydrogen) atoms. The molecule has 176 valence electrons. The molecule has 0 bridgehead atoms. The van der Waals surface area contributed by atoms with Crippen LogP contribution in [0, 0.1) is 0 Å². The van der Waals surface area contributed by atoms with Crippen molar-refractivity contribution >= 4 is 17.0 Å².